The maximum atomic E-state index is 12.1. The lowest BCUT2D eigenvalue weighted by molar-refractivity contribution is 0.0988. The van der Waals surface area contributed by atoms with Crippen molar-refractivity contribution >= 4 is 29.1 Å². The molecule has 1 atom stereocenters. The fourth-order valence-corrected chi connectivity index (χ4v) is 3.23. The van der Waals surface area contributed by atoms with Crippen molar-refractivity contribution in [1.29, 1.82) is 0 Å². The van der Waals surface area contributed by atoms with Gasteiger partial charge in [0.2, 0.25) is 0 Å². The first-order valence-electron chi connectivity index (χ1n) is 5.10. The van der Waals surface area contributed by atoms with Crippen LogP contribution in [0.3, 0.4) is 0 Å². The van der Waals surface area contributed by atoms with Gasteiger partial charge in [0, 0.05) is 5.56 Å². The number of benzene rings is 1. The van der Waals surface area contributed by atoms with E-state index in [-0.39, 0.29) is 11.0 Å². The normalized spacial score (nSPS) is 20.5. The summed E-state index contributed by atoms with van der Waals surface area (Å²) in [6.07, 6.45) is 2.14. The lowest BCUT2D eigenvalue weighted by Gasteiger charge is -2.09. The van der Waals surface area contributed by atoms with Crippen molar-refractivity contribution in [2.45, 2.75) is 25.0 Å². The Morgan fingerprint density at radius 1 is 1.53 bits per heavy atom. The SMILES string of the molecule is Cc1ccc(Cl)c(C(=O)C2CCCS2)c1. The molecule has 1 fully saturated rings. The van der Waals surface area contributed by atoms with E-state index in [1.165, 1.54) is 0 Å². The molecule has 0 amide bonds. The van der Waals surface area contributed by atoms with E-state index < -0.39 is 0 Å². The number of Topliss-reactive ketones (excluding diaryl/α,β-unsaturated/α-hetero) is 1. The number of carbonyl (C=O) groups is 1. The third-order valence-corrected chi connectivity index (χ3v) is 4.32. The summed E-state index contributed by atoms with van der Waals surface area (Å²) in [5.74, 6) is 1.30. The Morgan fingerprint density at radius 2 is 2.33 bits per heavy atom. The molecule has 1 heterocycles. The zero-order valence-electron chi connectivity index (χ0n) is 8.63. The van der Waals surface area contributed by atoms with Gasteiger partial charge in [-0.05, 0) is 37.7 Å². The fourth-order valence-electron chi connectivity index (χ4n) is 1.79. The molecule has 0 aliphatic carbocycles. The topological polar surface area (TPSA) is 17.1 Å². The van der Waals surface area contributed by atoms with Crippen LogP contribution in [0.25, 0.3) is 0 Å². The smallest absolute Gasteiger partial charge is 0.177 e. The van der Waals surface area contributed by atoms with Crippen LogP contribution in [0, 0.1) is 6.92 Å². The van der Waals surface area contributed by atoms with Crippen LogP contribution in [0.1, 0.15) is 28.8 Å². The molecular weight excluding hydrogens is 228 g/mol. The van der Waals surface area contributed by atoms with Crippen LogP contribution in [-0.2, 0) is 0 Å². The van der Waals surface area contributed by atoms with Crippen LogP contribution >= 0.6 is 23.4 Å². The quantitative estimate of drug-likeness (QED) is 0.733. The Hall–Kier alpha value is -0.470. The molecule has 1 aliphatic heterocycles. The summed E-state index contributed by atoms with van der Waals surface area (Å²) in [6, 6.07) is 5.63. The monoisotopic (exact) mass is 240 g/mol. The van der Waals surface area contributed by atoms with Gasteiger partial charge < -0.3 is 0 Å². The van der Waals surface area contributed by atoms with Crippen LogP contribution in [0.4, 0.5) is 0 Å². The summed E-state index contributed by atoms with van der Waals surface area (Å²) in [5, 5.41) is 0.711. The number of aryl methyl sites for hydroxylation is 1. The van der Waals surface area contributed by atoms with Gasteiger partial charge in [-0.2, -0.15) is 11.8 Å². The van der Waals surface area contributed by atoms with Gasteiger partial charge in [-0.15, -0.1) is 0 Å². The minimum absolute atomic E-state index is 0.129. The Kier molecular flexibility index (Phi) is 3.37. The number of ketones is 1. The molecule has 0 N–H and O–H groups in total. The summed E-state index contributed by atoms with van der Waals surface area (Å²) in [4.78, 5) is 12.1. The van der Waals surface area contributed by atoms with E-state index in [9.17, 15) is 4.79 Å². The molecule has 2 rings (SSSR count). The van der Waals surface area contributed by atoms with Crippen molar-refractivity contribution in [3.05, 3.63) is 34.3 Å². The number of hydrogen-bond acceptors (Lipinski definition) is 2. The Bertz CT molecular complexity index is 383. The van der Waals surface area contributed by atoms with Gasteiger partial charge in [0.15, 0.2) is 5.78 Å². The molecule has 0 spiro atoms. The molecule has 1 saturated heterocycles. The molecule has 3 heteroatoms. The van der Waals surface area contributed by atoms with Crippen molar-refractivity contribution < 1.29 is 4.79 Å². The second kappa shape index (κ2) is 4.58. The van der Waals surface area contributed by atoms with Crippen LogP contribution in [0.5, 0.6) is 0 Å². The third kappa shape index (κ3) is 2.37. The fraction of sp³-hybridized carbons (Fsp3) is 0.417. The van der Waals surface area contributed by atoms with E-state index in [1.54, 1.807) is 11.8 Å². The molecule has 1 unspecified atom stereocenters. The van der Waals surface area contributed by atoms with Crippen molar-refractivity contribution in [1.82, 2.24) is 0 Å². The van der Waals surface area contributed by atoms with E-state index in [4.69, 9.17) is 11.6 Å². The van der Waals surface area contributed by atoms with Gasteiger partial charge in [-0.1, -0.05) is 23.2 Å². The average Bonchev–Trinajstić information content (AvgIpc) is 2.74. The summed E-state index contributed by atoms with van der Waals surface area (Å²) in [7, 11) is 0. The molecule has 1 aromatic carbocycles. The zero-order chi connectivity index (χ0) is 10.8. The molecule has 0 radical (unpaired) electrons. The second-order valence-electron chi connectivity index (χ2n) is 3.85. The highest BCUT2D eigenvalue weighted by Gasteiger charge is 2.25. The molecule has 0 saturated carbocycles. The lowest BCUT2D eigenvalue weighted by atomic mass is 10.0. The van der Waals surface area contributed by atoms with E-state index in [2.05, 4.69) is 0 Å². The van der Waals surface area contributed by atoms with Crippen molar-refractivity contribution in [3.8, 4) is 0 Å². The van der Waals surface area contributed by atoms with Gasteiger partial charge in [-0.25, -0.2) is 0 Å². The van der Waals surface area contributed by atoms with Gasteiger partial charge in [0.25, 0.3) is 0 Å². The van der Waals surface area contributed by atoms with Gasteiger partial charge in [0.1, 0.15) is 0 Å². The number of hydrogen-bond donors (Lipinski definition) is 0. The highest BCUT2D eigenvalue weighted by atomic mass is 35.5. The summed E-state index contributed by atoms with van der Waals surface area (Å²) in [6.45, 7) is 1.98. The summed E-state index contributed by atoms with van der Waals surface area (Å²) >= 11 is 7.79. The van der Waals surface area contributed by atoms with Crippen molar-refractivity contribution in [2.75, 3.05) is 5.75 Å². The minimum Gasteiger partial charge on any atom is -0.293 e. The number of carbonyl (C=O) groups excluding carboxylic acids is 1. The molecular formula is C12H13ClOS. The minimum atomic E-state index is 0.129. The van der Waals surface area contributed by atoms with Gasteiger partial charge >= 0.3 is 0 Å². The Labute approximate surface area is 99.2 Å². The molecule has 80 valence electrons. The predicted octanol–water partition coefficient (Wildman–Crippen LogP) is 3.73. The highest BCUT2D eigenvalue weighted by molar-refractivity contribution is 8.00. The first kappa shape index (κ1) is 11.0. The van der Waals surface area contributed by atoms with E-state index in [0.29, 0.717) is 10.6 Å². The molecule has 0 bridgehead atoms. The van der Waals surface area contributed by atoms with E-state index >= 15 is 0 Å². The molecule has 0 aromatic heterocycles. The Balaban J connectivity index is 2.27. The number of rotatable bonds is 2. The van der Waals surface area contributed by atoms with Crippen molar-refractivity contribution in [2.24, 2.45) is 0 Å². The van der Waals surface area contributed by atoms with Crippen LogP contribution in [-0.4, -0.2) is 16.8 Å². The predicted molar refractivity (Wildman–Crippen MR) is 66.0 cm³/mol. The van der Waals surface area contributed by atoms with Crippen molar-refractivity contribution in [3.63, 3.8) is 0 Å². The number of thioether (sulfide) groups is 1. The Morgan fingerprint density at radius 3 is 3.00 bits per heavy atom. The van der Waals surface area contributed by atoms with Crippen LogP contribution in [0.15, 0.2) is 18.2 Å². The molecule has 1 nitrogen and oxygen atoms in total. The van der Waals surface area contributed by atoms with Gasteiger partial charge in [0.05, 0.1) is 10.3 Å². The zero-order valence-corrected chi connectivity index (χ0v) is 10.2. The maximum Gasteiger partial charge on any atom is 0.177 e. The molecule has 1 aliphatic rings. The largest absolute Gasteiger partial charge is 0.293 e. The van der Waals surface area contributed by atoms with Crippen LogP contribution < -0.4 is 0 Å². The van der Waals surface area contributed by atoms with E-state index in [1.807, 2.05) is 25.1 Å². The maximum absolute atomic E-state index is 12.1. The first-order chi connectivity index (χ1) is 7.18. The third-order valence-electron chi connectivity index (χ3n) is 2.61. The first-order valence-corrected chi connectivity index (χ1v) is 6.53. The highest BCUT2D eigenvalue weighted by Crippen LogP contribution is 2.31. The summed E-state index contributed by atoms with van der Waals surface area (Å²) < 4.78 is 0. The number of halogens is 1. The molecule has 15 heavy (non-hydrogen) atoms. The standard InChI is InChI=1S/C12H13ClOS/c1-8-4-5-10(13)9(7-8)12(14)11-3-2-6-15-11/h4-5,7,11H,2-3,6H2,1H3. The molecule has 1 aromatic rings. The average molecular weight is 241 g/mol. The lowest BCUT2D eigenvalue weighted by Crippen LogP contribution is -2.14. The van der Waals surface area contributed by atoms with E-state index in [0.717, 1.165) is 24.2 Å². The summed E-state index contributed by atoms with van der Waals surface area (Å²) in [5.41, 5.74) is 1.78. The van der Waals surface area contributed by atoms with Gasteiger partial charge in [-0.3, -0.25) is 4.79 Å². The second-order valence-corrected chi connectivity index (χ2v) is 5.57. The van der Waals surface area contributed by atoms with Crippen LogP contribution in [0.2, 0.25) is 5.02 Å².